The van der Waals surface area contributed by atoms with Crippen LogP contribution in [-0.2, 0) is 11.3 Å². The molecule has 2 N–H and O–H groups in total. The molecular weight excluding hydrogens is 265 g/mol. The molecule has 3 nitrogen and oxygen atoms in total. The van der Waals surface area contributed by atoms with E-state index in [1.165, 1.54) is 11.8 Å². The number of hydrogen-bond donors (Lipinski definition) is 2. The van der Waals surface area contributed by atoms with Gasteiger partial charge in [-0.1, -0.05) is 13.0 Å². The van der Waals surface area contributed by atoms with Gasteiger partial charge in [0.1, 0.15) is 5.82 Å². The number of nitrogens with one attached hydrogen (secondary N) is 1. The van der Waals surface area contributed by atoms with Crippen LogP contribution in [0.3, 0.4) is 0 Å². The Hall–Kier alpha value is -0.620. The Labute approximate surface area is 118 Å². The maximum absolute atomic E-state index is 13.9. The second-order valence-electron chi connectivity index (χ2n) is 4.38. The maximum atomic E-state index is 13.9. The molecule has 0 radical (unpaired) electrons. The van der Waals surface area contributed by atoms with Crippen LogP contribution in [0.1, 0.15) is 18.9 Å². The fraction of sp³-hybridized carbons (Fsp3) is 0.571. The van der Waals surface area contributed by atoms with E-state index in [2.05, 4.69) is 5.32 Å². The zero-order valence-electron chi connectivity index (χ0n) is 11.5. The van der Waals surface area contributed by atoms with Crippen molar-refractivity contribution in [2.24, 2.45) is 0 Å². The molecule has 1 aromatic carbocycles. The van der Waals surface area contributed by atoms with Gasteiger partial charge >= 0.3 is 0 Å². The molecule has 1 unspecified atom stereocenters. The van der Waals surface area contributed by atoms with Gasteiger partial charge in [0.05, 0.1) is 6.61 Å². The average molecular weight is 287 g/mol. The molecule has 1 aromatic rings. The Morgan fingerprint density at radius 3 is 2.89 bits per heavy atom. The smallest absolute Gasteiger partial charge is 0.137 e. The summed E-state index contributed by atoms with van der Waals surface area (Å²) in [7, 11) is 1.65. The SMILES string of the molecule is COCCNCc1ccc(SC(C)CCO)c(F)c1. The summed E-state index contributed by atoms with van der Waals surface area (Å²) in [6.45, 7) is 4.16. The van der Waals surface area contributed by atoms with Crippen LogP contribution >= 0.6 is 11.8 Å². The van der Waals surface area contributed by atoms with E-state index in [-0.39, 0.29) is 17.7 Å². The van der Waals surface area contributed by atoms with Crippen molar-refractivity contribution in [3.8, 4) is 0 Å². The van der Waals surface area contributed by atoms with Crippen molar-refractivity contribution in [1.29, 1.82) is 0 Å². The predicted octanol–water partition coefficient (Wildman–Crippen LogP) is 2.42. The van der Waals surface area contributed by atoms with Crippen molar-refractivity contribution in [3.05, 3.63) is 29.6 Å². The highest BCUT2D eigenvalue weighted by Crippen LogP contribution is 2.28. The Morgan fingerprint density at radius 2 is 2.26 bits per heavy atom. The van der Waals surface area contributed by atoms with Gasteiger partial charge in [0.15, 0.2) is 0 Å². The van der Waals surface area contributed by atoms with Crippen molar-refractivity contribution in [1.82, 2.24) is 5.32 Å². The highest BCUT2D eigenvalue weighted by atomic mass is 32.2. The largest absolute Gasteiger partial charge is 0.396 e. The Morgan fingerprint density at radius 1 is 1.47 bits per heavy atom. The normalized spacial score (nSPS) is 12.6. The fourth-order valence-electron chi connectivity index (χ4n) is 1.61. The lowest BCUT2D eigenvalue weighted by atomic mass is 10.2. The number of halogens is 1. The fourth-order valence-corrected chi connectivity index (χ4v) is 2.59. The molecule has 0 aliphatic carbocycles. The van der Waals surface area contributed by atoms with Crippen LogP contribution in [0.15, 0.2) is 23.1 Å². The van der Waals surface area contributed by atoms with Crippen LogP contribution in [0.2, 0.25) is 0 Å². The summed E-state index contributed by atoms with van der Waals surface area (Å²) in [6.07, 6.45) is 0.671. The molecule has 0 heterocycles. The lowest BCUT2D eigenvalue weighted by Gasteiger charge is -2.11. The van der Waals surface area contributed by atoms with Crippen LogP contribution < -0.4 is 5.32 Å². The summed E-state index contributed by atoms with van der Waals surface area (Å²) >= 11 is 1.46. The topological polar surface area (TPSA) is 41.5 Å². The quantitative estimate of drug-likeness (QED) is 0.541. The van der Waals surface area contributed by atoms with E-state index < -0.39 is 0 Å². The molecule has 108 valence electrons. The molecule has 19 heavy (non-hydrogen) atoms. The first-order valence-electron chi connectivity index (χ1n) is 6.43. The molecule has 0 aliphatic heterocycles. The van der Waals surface area contributed by atoms with Gasteiger partial charge in [0.2, 0.25) is 0 Å². The summed E-state index contributed by atoms with van der Waals surface area (Å²) in [4.78, 5) is 0.640. The lowest BCUT2D eigenvalue weighted by Crippen LogP contribution is -2.18. The summed E-state index contributed by atoms with van der Waals surface area (Å²) in [5.41, 5.74) is 0.924. The van der Waals surface area contributed by atoms with E-state index in [1.54, 1.807) is 19.2 Å². The first kappa shape index (κ1) is 16.4. The van der Waals surface area contributed by atoms with Gasteiger partial charge < -0.3 is 15.2 Å². The minimum Gasteiger partial charge on any atom is -0.396 e. The van der Waals surface area contributed by atoms with Crippen molar-refractivity contribution in [2.45, 2.75) is 30.0 Å². The molecule has 0 saturated carbocycles. The highest BCUT2D eigenvalue weighted by molar-refractivity contribution is 7.99. The van der Waals surface area contributed by atoms with E-state index in [4.69, 9.17) is 9.84 Å². The number of aliphatic hydroxyl groups excluding tert-OH is 1. The molecule has 0 saturated heterocycles. The number of rotatable bonds is 9. The van der Waals surface area contributed by atoms with Crippen LogP contribution in [-0.4, -0.2) is 37.2 Å². The van der Waals surface area contributed by atoms with Gasteiger partial charge in [0.25, 0.3) is 0 Å². The Balaban J connectivity index is 2.49. The third-order valence-corrected chi connectivity index (χ3v) is 3.90. The van der Waals surface area contributed by atoms with E-state index in [0.717, 1.165) is 12.1 Å². The highest BCUT2D eigenvalue weighted by Gasteiger charge is 2.09. The standard InChI is InChI=1S/C14H22FNO2S/c1-11(5-7-17)19-14-4-3-12(9-13(14)15)10-16-6-8-18-2/h3-4,9,11,16-17H,5-8,10H2,1-2H3. The van der Waals surface area contributed by atoms with Crippen LogP contribution in [0.4, 0.5) is 4.39 Å². The van der Waals surface area contributed by atoms with E-state index >= 15 is 0 Å². The van der Waals surface area contributed by atoms with Crippen LogP contribution in [0.25, 0.3) is 0 Å². The molecular formula is C14H22FNO2S. The minimum absolute atomic E-state index is 0.136. The molecule has 5 heteroatoms. The summed E-state index contributed by atoms with van der Waals surface area (Å²) in [5.74, 6) is -0.194. The van der Waals surface area contributed by atoms with Gasteiger partial charge in [-0.2, -0.15) is 0 Å². The van der Waals surface area contributed by atoms with Crippen molar-refractivity contribution in [3.63, 3.8) is 0 Å². The number of benzene rings is 1. The third kappa shape index (κ3) is 6.38. The average Bonchev–Trinajstić information content (AvgIpc) is 2.38. The molecule has 0 aliphatic rings. The first-order chi connectivity index (χ1) is 9.17. The van der Waals surface area contributed by atoms with Gasteiger partial charge in [-0.25, -0.2) is 4.39 Å². The molecule has 0 amide bonds. The zero-order chi connectivity index (χ0) is 14.1. The molecule has 0 bridgehead atoms. The predicted molar refractivity (Wildman–Crippen MR) is 77.0 cm³/mol. The number of thioether (sulfide) groups is 1. The zero-order valence-corrected chi connectivity index (χ0v) is 12.3. The van der Waals surface area contributed by atoms with Crippen LogP contribution in [0, 0.1) is 5.82 Å². The number of hydrogen-bond acceptors (Lipinski definition) is 4. The van der Waals surface area contributed by atoms with E-state index in [0.29, 0.717) is 24.5 Å². The maximum Gasteiger partial charge on any atom is 0.137 e. The Bertz CT molecular complexity index is 376. The second kappa shape index (κ2) is 9.31. The Kier molecular flexibility index (Phi) is 8.05. The lowest BCUT2D eigenvalue weighted by molar-refractivity contribution is 0.199. The molecule has 0 aromatic heterocycles. The van der Waals surface area contributed by atoms with E-state index in [1.807, 2.05) is 13.0 Å². The minimum atomic E-state index is -0.194. The molecule has 0 fully saturated rings. The molecule has 0 spiro atoms. The van der Waals surface area contributed by atoms with Gasteiger partial charge in [-0.05, 0) is 24.1 Å². The second-order valence-corrected chi connectivity index (χ2v) is 5.86. The third-order valence-electron chi connectivity index (χ3n) is 2.67. The van der Waals surface area contributed by atoms with E-state index in [9.17, 15) is 4.39 Å². The molecule has 1 atom stereocenters. The first-order valence-corrected chi connectivity index (χ1v) is 7.31. The van der Waals surface area contributed by atoms with Gasteiger partial charge in [-0.15, -0.1) is 11.8 Å². The number of aliphatic hydroxyl groups is 1. The summed E-state index contributed by atoms with van der Waals surface area (Å²) in [5, 5.41) is 12.2. The van der Waals surface area contributed by atoms with Gasteiger partial charge in [0, 0.05) is 37.0 Å². The van der Waals surface area contributed by atoms with Crippen molar-refractivity contribution >= 4 is 11.8 Å². The van der Waals surface area contributed by atoms with Crippen molar-refractivity contribution in [2.75, 3.05) is 26.9 Å². The summed E-state index contributed by atoms with van der Waals surface area (Å²) < 4.78 is 18.8. The summed E-state index contributed by atoms with van der Waals surface area (Å²) in [6, 6.07) is 5.30. The van der Waals surface area contributed by atoms with Crippen LogP contribution in [0.5, 0.6) is 0 Å². The number of methoxy groups -OCH3 is 1. The van der Waals surface area contributed by atoms with Gasteiger partial charge in [-0.3, -0.25) is 0 Å². The molecule has 1 rings (SSSR count). The monoisotopic (exact) mass is 287 g/mol. The number of ether oxygens (including phenoxy) is 1. The van der Waals surface area contributed by atoms with Crippen molar-refractivity contribution < 1.29 is 14.2 Å².